The van der Waals surface area contributed by atoms with E-state index in [0.717, 1.165) is 22.5 Å². The van der Waals surface area contributed by atoms with E-state index in [4.69, 9.17) is 5.73 Å². The van der Waals surface area contributed by atoms with Crippen molar-refractivity contribution in [2.75, 3.05) is 5.73 Å². The molecule has 0 aliphatic carbocycles. The van der Waals surface area contributed by atoms with Gasteiger partial charge in [-0.05, 0) is 0 Å². The van der Waals surface area contributed by atoms with E-state index in [1.165, 1.54) is 0 Å². The molecule has 3 rings (SSSR count). The molecule has 0 bridgehead atoms. The van der Waals surface area contributed by atoms with Crippen LogP contribution in [0.5, 0.6) is 0 Å². The second kappa shape index (κ2) is 3.79. The number of anilines is 1. The number of nitrogen functional groups attached to an aromatic ring is 1. The van der Waals surface area contributed by atoms with Crippen LogP contribution in [0.4, 0.5) is 5.95 Å². The van der Waals surface area contributed by atoms with Crippen molar-refractivity contribution in [3.05, 3.63) is 42.7 Å². The van der Waals surface area contributed by atoms with Crippen LogP contribution in [0.25, 0.3) is 22.5 Å². The van der Waals surface area contributed by atoms with E-state index in [9.17, 15) is 0 Å². The Bertz CT molecular complexity index is 623. The fraction of sp³-hybridized carbons (Fsp3) is 0. The molecule has 5 nitrogen and oxygen atoms in total. The minimum absolute atomic E-state index is 0.403. The maximum atomic E-state index is 5.58. The van der Waals surface area contributed by atoms with Crippen LogP contribution < -0.4 is 5.73 Å². The molecule has 2 aromatic heterocycles. The maximum absolute atomic E-state index is 5.58. The molecule has 84 valence electrons. The van der Waals surface area contributed by atoms with Crippen molar-refractivity contribution in [1.29, 1.82) is 0 Å². The van der Waals surface area contributed by atoms with Crippen LogP contribution in [-0.4, -0.2) is 20.2 Å². The first-order valence-corrected chi connectivity index (χ1v) is 5.24. The number of benzene rings is 1. The summed E-state index contributed by atoms with van der Waals surface area (Å²) in [6, 6.07) is 10.0. The number of hydrogen-bond donors (Lipinski definition) is 3. The molecule has 3 aromatic rings. The van der Waals surface area contributed by atoms with E-state index in [0.29, 0.717) is 5.95 Å². The Hall–Kier alpha value is -2.56. The molecule has 0 aliphatic heterocycles. The van der Waals surface area contributed by atoms with Gasteiger partial charge in [-0.3, -0.25) is 5.10 Å². The van der Waals surface area contributed by atoms with Gasteiger partial charge in [0.1, 0.15) is 0 Å². The van der Waals surface area contributed by atoms with Crippen molar-refractivity contribution in [3.63, 3.8) is 0 Å². The Balaban J connectivity index is 2.12. The number of nitrogens with two attached hydrogens (primary N) is 1. The summed E-state index contributed by atoms with van der Waals surface area (Å²) < 4.78 is 0. The summed E-state index contributed by atoms with van der Waals surface area (Å²) in [5, 5.41) is 7.06. The van der Waals surface area contributed by atoms with Crippen molar-refractivity contribution in [1.82, 2.24) is 20.2 Å². The molecule has 5 heteroatoms. The fourth-order valence-corrected chi connectivity index (χ4v) is 1.79. The third-order valence-electron chi connectivity index (χ3n) is 2.59. The Morgan fingerprint density at radius 2 is 1.88 bits per heavy atom. The molecule has 0 saturated heterocycles. The molecular weight excluding hydrogens is 214 g/mol. The molecule has 0 amide bonds. The van der Waals surface area contributed by atoms with Gasteiger partial charge in [-0.2, -0.15) is 5.10 Å². The summed E-state index contributed by atoms with van der Waals surface area (Å²) in [7, 11) is 0. The first kappa shape index (κ1) is 9.65. The summed E-state index contributed by atoms with van der Waals surface area (Å²) in [4.78, 5) is 6.98. The standard InChI is InChI=1S/C12H11N5/c13-12-14-7-10(16-12)9-6-15-17-11(9)8-4-2-1-3-5-8/h1-7H,(H,15,17)(H3,13,14,16). The average Bonchev–Trinajstić information content (AvgIpc) is 2.98. The van der Waals surface area contributed by atoms with Gasteiger partial charge in [0, 0.05) is 11.1 Å². The smallest absolute Gasteiger partial charge is 0.197 e. The fourth-order valence-electron chi connectivity index (χ4n) is 1.79. The monoisotopic (exact) mass is 225 g/mol. The summed E-state index contributed by atoms with van der Waals surface area (Å²) in [6.45, 7) is 0. The normalized spacial score (nSPS) is 10.6. The molecule has 0 radical (unpaired) electrons. The second-order valence-electron chi connectivity index (χ2n) is 3.71. The van der Waals surface area contributed by atoms with E-state index >= 15 is 0 Å². The molecule has 0 saturated carbocycles. The number of nitrogens with one attached hydrogen (secondary N) is 2. The van der Waals surface area contributed by atoms with Crippen molar-refractivity contribution in [2.45, 2.75) is 0 Å². The highest BCUT2D eigenvalue weighted by Crippen LogP contribution is 2.28. The van der Waals surface area contributed by atoms with E-state index in [1.807, 2.05) is 30.3 Å². The van der Waals surface area contributed by atoms with Crippen LogP contribution in [0, 0.1) is 0 Å². The molecule has 2 heterocycles. The van der Waals surface area contributed by atoms with Crippen molar-refractivity contribution >= 4 is 5.95 Å². The highest BCUT2D eigenvalue weighted by molar-refractivity contribution is 5.78. The first-order valence-electron chi connectivity index (χ1n) is 5.24. The van der Waals surface area contributed by atoms with Gasteiger partial charge in [0.05, 0.1) is 23.8 Å². The molecule has 0 atom stereocenters. The Morgan fingerprint density at radius 3 is 2.59 bits per heavy atom. The van der Waals surface area contributed by atoms with Gasteiger partial charge in [-0.25, -0.2) is 4.98 Å². The van der Waals surface area contributed by atoms with E-state index in [1.54, 1.807) is 12.4 Å². The quantitative estimate of drug-likeness (QED) is 0.624. The third-order valence-corrected chi connectivity index (χ3v) is 2.59. The molecule has 17 heavy (non-hydrogen) atoms. The second-order valence-corrected chi connectivity index (χ2v) is 3.71. The SMILES string of the molecule is Nc1ncc(-c2cn[nH]c2-c2ccccc2)[nH]1. The van der Waals surface area contributed by atoms with Gasteiger partial charge in [0.2, 0.25) is 0 Å². The number of imidazole rings is 1. The molecule has 0 fully saturated rings. The predicted octanol–water partition coefficient (Wildman–Crippen LogP) is 2.05. The Morgan fingerprint density at radius 1 is 1.06 bits per heavy atom. The molecular formula is C12H11N5. The summed E-state index contributed by atoms with van der Waals surface area (Å²) in [6.07, 6.45) is 3.46. The van der Waals surface area contributed by atoms with Crippen molar-refractivity contribution < 1.29 is 0 Å². The Labute approximate surface area is 97.7 Å². The molecule has 1 aromatic carbocycles. The lowest BCUT2D eigenvalue weighted by Gasteiger charge is -2.00. The van der Waals surface area contributed by atoms with Crippen LogP contribution in [0.2, 0.25) is 0 Å². The largest absolute Gasteiger partial charge is 0.369 e. The highest BCUT2D eigenvalue weighted by atomic mass is 15.1. The number of hydrogen-bond acceptors (Lipinski definition) is 3. The third kappa shape index (κ3) is 1.67. The lowest BCUT2D eigenvalue weighted by Crippen LogP contribution is -1.86. The van der Waals surface area contributed by atoms with E-state index in [2.05, 4.69) is 20.2 Å². The van der Waals surface area contributed by atoms with Gasteiger partial charge in [0.25, 0.3) is 0 Å². The topological polar surface area (TPSA) is 83.4 Å². The van der Waals surface area contributed by atoms with Gasteiger partial charge >= 0.3 is 0 Å². The lowest BCUT2D eigenvalue weighted by atomic mass is 10.1. The lowest BCUT2D eigenvalue weighted by molar-refractivity contribution is 1.10. The Kier molecular flexibility index (Phi) is 2.15. The van der Waals surface area contributed by atoms with Crippen LogP contribution in [0.15, 0.2) is 42.7 Å². The predicted molar refractivity (Wildman–Crippen MR) is 66.0 cm³/mol. The average molecular weight is 225 g/mol. The molecule has 4 N–H and O–H groups in total. The van der Waals surface area contributed by atoms with Gasteiger partial charge < -0.3 is 10.7 Å². The zero-order valence-corrected chi connectivity index (χ0v) is 9.01. The van der Waals surface area contributed by atoms with Crippen LogP contribution >= 0.6 is 0 Å². The minimum atomic E-state index is 0.403. The molecule has 0 aliphatic rings. The maximum Gasteiger partial charge on any atom is 0.197 e. The van der Waals surface area contributed by atoms with E-state index in [-0.39, 0.29) is 0 Å². The van der Waals surface area contributed by atoms with Crippen molar-refractivity contribution in [2.24, 2.45) is 0 Å². The zero-order chi connectivity index (χ0) is 11.7. The van der Waals surface area contributed by atoms with Gasteiger partial charge in [-0.1, -0.05) is 30.3 Å². The van der Waals surface area contributed by atoms with E-state index < -0.39 is 0 Å². The number of nitrogens with zero attached hydrogens (tertiary/aromatic N) is 2. The van der Waals surface area contributed by atoms with Gasteiger partial charge in [0.15, 0.2) is 5.95 Å². The number of aromatic nitrogens is 4. The first-order chi connectivity index (χ1) is 8.34. The molecule has 0 unspecified atom stereocenters. The zero-order valence-electron chi connectivity index (χ0n) is 9.01. The molecule has 0 spiro atoms. The highest BCUT2D eigenvalue weighted by Gasteiger charge is 2.11. The van der Waals surface area contributed by atoms with Crippen LogP contribution in [0.1, 0.15) is 0 Å². The summed E-state index contributed by atoms with van der Waals surface area (Å²) in [5.74, 6) is 0.403. The van der Waals surface area contributed by atoms with Crippen LogP contribution in [0.3, 0.4) is 0 Å². The number of rotatable bonds is 2. The van der Waals surface area contributed by atoms with Crippen molar-refractivity contribution in [3.8, 4) is 22.5 Å². The number of H-pyrrole nitrogens is 2. The van der Waals surface area contributed by atoms with Gasteiger partial charge in [-0.15, -0.1) is 0 Å². The van der Waals surface area contributed by atoms with Crippen LogP contribution in [-0.2, 0) is 0 Å². The summed E-state index contributed by atoms with van der Waals surface area (Å²) >= 11 is 0. The summed E-state index contributed by atoms with van der Waals surface area (Å²) in [5.41, 5.74) is 9.42. The minimum Gasteiger partial charge on any atom is -0.369 e. The number of aromatic amines is 2.